The van der Waals surface area contributed by atoms with Gasteiger partial charge in [0.15, 0.2) is 0 Å². The molecule has 0 aliphatic rings. The topological polar surface area (TPSA) is 0 Å². The minimum Gasteiger partial charge on any atom is -0.102 e. The summed E-state index contributed by atoms with van der Waals surface area (Å²) in [6.45, 7) is 5.52. The van der Waals surface area contributed by atoms with Crippen molar-refractivity contribution in [2.75, 3.05) is 0 Å². The summed E-state index contributed by atoms with van der Waals surface area (Å²) in [5.41, 5.74) is 1.32. The van der Waals surface area contributed by atoms with Gasteiger partial charge in [-0.1, -0.05) is 35.9 Å². The summed E-state index contributed by atoms with van der Waals surface area (Å²) in [6, 6.07) is 10.3. The molecule has 0 radical (unpaired) electrons. The molecule has 0 atom stereocenters. The SMILES string of the molecule is CC(C)(Cl)Cl.Cc1ccccc1. The molecule has 0 fully saturated rings. The van der Waals surface area contributed by atoms with E-state index < -0.39 is 4.33 Å². The lowest BCUT2D eigenvalue weighted by molar-refractivity contribution is 0.995. The molecular formula is C10H14Cl2. The minimum absolute atomic E-state index is 0.556. The Morgan fingerprint density at radius 1 is 1.00 bits per heavy atom. The zero-order chi connectivity index (χ0) is 9.61. The number of alkyl halides is 2. The van der Waals surface area contributed by atoms with Crippen LogP contribution in [0.2, 0.25) is 0 Å². The highest BCUT2D eigenvalue weighted by Gasteiger charge is 2.03. The molecule has 0 N–H and O–H groups in total. The molecule has 0 amide bonds. The normalized spacial score (nSPS) is 10.1. The maximum absolute atomic E-state index is 5.30. The van der Waals surface area contributed by atoms with Crippen LogP contribution < -0.4 is 0 Å². The van der Waals surface area contributed by atoms with Crippen molar-refractivity contribution < 1.29 is 0 Å². The Hall–Kier alpha value is -0.200. The molecule has 0 nitrogen and oxygen atoms in total. The number of benzene rings is 1. The van der Waals surface area contributed by atoms with E-state index >= 15 is 0 Å². The second-order valence-electron chi connectivity index (χ2n) is 2.98. The van der Waals surface area contributed by atoms with Gasteiger partial charge in [-0.3, -0.25) is 0 Å². The summed E-state index contributed by atoms with van der Waals surface area (Å²) in [6.07, 6.45) is 0. The molecule has 0 aliphatic carbocycles. The van der Waals surface area contributed by atoms with Gasteiger partial charge < -0.3 is 0 Å². The van der Waals surface area contributed by atoms with Gasteiger partial charge in [0.2, 0.25) is 0 Å². The molecule has 12 heavy (non-hydrogen) atoms. The van der Waals surface area contributed by atoms with Crippen molar-refractivity contribution in [1.29, 1.82) is 0 Å². The number of hydrogen-bond donors (Lipinski definition) is 0. The molecule has 0 aliphatic heterocycles. The molecule has 0 bridgehead atoms. The van der Waals surface area contributed by atoms with Crippen molar-refractivity contribution in [1.82, 2.24) is 0 Å². The maximum atomic E-state index is 5.30. The van der Waals surface area contributed by atoms with Crippen LogP contribution in [0.4, 0.5) is 0 Å². The zero-order valence-corrected chi connectivity index (χ0v) is 9.15. The molecule has 0 saturated heterocycles. The van der Waals surface area contributed by atoms with Crippen LogP contribution in [0.25, 0.3) is 0 Å². The first-order chi connectivity index (χ1) is 5.39. The molecule has 0 heterocycles. The number of rotatable bonds is 0. The van der Waals surface area contributed by atoms with Crippen molar-refractivity contribution in [2.24, 2.45) is 0 Å². The van der Waals surface area contributed by atoms with Crippen LogP contribution in [0, 0.1) is 6.92 Å². The molecule has 0 aromatic heterocycles. The highest BCUT2D eigenvalue weighted by atomic mass is 35.5. The van der Waals surface area contributed by atoms with E-state index in [2.05, 4.69) is 19.1 Å². The van der Waals surface area contributed by atoms with Gasteiger partial charge >= 0.3 is 0 Å². The molecule has 1 rings (SSSR count). The van der Waals surface area contributed by atoms with Gasteiger partial charge in [-0.25, -0.2) is 0 Å². The Morgan fingerprint density at radius 2 is 1.33 bits per heavy atom. The Morgan fingerprint density at radius 3 is 1.50 bits per heavy atom. The van der Waals surface area contributed by atoms with E-state index in [4.69, 9.17) is 23.2 Å². The third-order valence-corrected chi connectivity index (χ3v) is 0.940. The second kappa shape index (κ2) is 5.45. The van der Waals surface area contributed by atoms with Crippen LogP contribution in [-0.4, -0.2) is 4.33 Å². The second-order valence-corrected chi connectivity index (χ2v) is 5.07. The van der Waals surface area contributed by atoms with Crippen LogP contribution in [0.15, 0.2) is 30.3 Å². The third kappa shape index (κ3) is 12.5. The van der Waals surface area contributed by atoms with Crippen LogP contribution >= 0.6 is 23.2 Å². The predicted octanol–water partition coefficient (Wildman–Crippen LogP) is 4.20. The summed E-state index contributed by atoms with van der Waals surface area (Å²) in [5.74, 6) is 0. The monoisotopic (exact) mass is 204 g/mol. The quantitative estimate of drug-likeness (QED) is 0.557. The molecular weight excluding hydrogens is 191 g/mol. The Balaban J connectivity index is 0.000000217. The minimum atomic E-state index is -0.556. The standard InChI is InChI=1S/C7H8.C3H6Cl2/c1-7-5-3-2-4-6-7;1-3(2,4)5/h2-6H,1H3;1-2H3. The molecule has 0 unspecified atom stereocenters. The average Bonchev–Trinajstić information content (AvgIpc) is 1.85. The first-order valence-electron chi connectivity index (χ1n) is 3.79. The highest BCUT2D eigenvalue weighted by Crippen LogP contribution is 2.16. The fourth-order valence-electron chi connectivity index (χ4n) is 0.534. The summed E-state index contributed by atoms with van der Waals surface area (Å²) >= 11 is 10.6. The van der Waals surface area contributed by atoms with Crippen LogP contribution in [-0.2, 0) is 0 Å². The van der Waals surface area contributed by atoms with E-state index in [1.165, 1.54) is 5.56 Å². The smallest absolute Gasteiger partial charge is 0.102 e. The largest absolute Gasteiger partial charge is 0.112 e. The maximum Gasteiger partial charge on any atom is 0.112 e. The molecule has 2 heteroatoms. The Labute approximate surface area is 84.5 Å². The lowest BCUT2D eigenvalue weighted by Crippen LogP contribution is -1.93. The van der Waals surface area contributed by atoms with Crippen molar-refractivity contribution in [3.63, 3.8) is 0 Å². The van der Waals surface area contributed by atoms with Gasteiger partial charge in [0.1, 0.15) is 4.33 Å². The van der Waals surface area contributed by atoms with Gasteiger partial charge in [-0.2, -0.15) is 0 Å². The average molecular weight is 205 g/mol. The fourth-order valence-corrected chi connectivity index (χ4v) is 0.534. The van der Waals surface area contributed by atoms with Crippen molar-refractivity contribution in [3.8, 4) is 0 Å². The van der Waals surface area contributed by atoms with E-state index in [0.29, 0.717) is 0 Å². The van der Waals surface area contributed by atoms with Crippen molar-refractivity contribution in [2.45, 2.75) is 25.1 Å². The lowest BCUT2D eigenvalue weighted by atomic mass is 10.2. The van der Waals surface area contributed by atoms with Crippen LogP contribution in [0.3, 0.4) is 0 Å². The molecule has 0 spiro atoms. The van der Waals surface area contributed by atoms with E-state index in [9.17, 15) is 0 Å². The third-order valence-electron chi connectivity index (χ3n) is 0.940. The zero-order valence-electron chi connectivity index (χ0n) is 7.64. The van der Waals surface area contributed by atoms with E-state index in [-0.39, 0.29) is 0 Å². The molecule has 68 valence electrons. The molecule has 0 saturated carbocycles. The molecule has 1 aromatic rings. The first kappa shape index (κ1) is 11.8. The van der Waals surface area contributed by atoms with Crippen molar-refractivity contribution >= 4 is 23.2 Å². The summed E-state index contributed by atoms with van der Waals surface area (Å²) in [7, 11) is 0. The summed E-state index contributed by atoms with van der Waals surface area (Å²) in [5, 5.41) is 0. The lowest BCUT2D eigenvalue weighted by Gasteiger charge is -1.98. The Bertz CT molecular complexity index is 193. The van der Waals surface area contributed by atoms with E-state index in [1.807, 2.05) is 18.2 Å². The van der Waals surface area contributed by atoms with Gasteiger partial charge in [0, 0.05) is 0 Å². The fraction of sp³-hybridized carbons (Fsp3) is 0.400. The molecule has 1 aromatic carbocycles. The number of halogens is 2. The highest BCUT2D eigenvalue weighted by molar-refractivity contribution is 6.47. The van der Waals surface area contributed by atoms with Gasteiger partial charge in [-0.15, -0.1) is 23.2 Å². The van der Waals surface area contributed by atoms with E-state index in [1.54, 1.807) is 13.8 Å². The summed E-state index contributed by atoms with van der Waals surface area (Å²) < 4.78 is -0.556. The Kier molecular flexibility index (Phi) is 5.36. The number of hydrogen-bond acceptors (Lipinski definition) is 0. The predicted molar refractivity (Wildman–Crippen MR) is 57.0 cm³/mol. The van der Waals surface area contributed by atoms with Gasteiger partial charge in [-0.05, 0) is 20.8 Å². The first-order valence-corrected chi connectivity index (χ1v) is 4.54. The summed E-state index contributed by atoms with van der Waals surface area (Å²) in [4.78, 5) is 0. The van der Waals surface area contributed by atoms with Gasteiger partial charge in [0.25, 0.3) is 0 Å². The number of aryl methyl sites for hydroxylation is 1. The van der Waals surface area contributed by atoms with Crippen LogP contribution in [0.1, 0.15) is 19.4 Å². The van der Waals surface area contributed by atoms with Gasteiger partial charge in [0.05, 0.1) is 0 Å². The van der Waals surface area contributed by atoms with E-state index in [0.717, 1.165) is 0 Å². The van der Waals surface area contributed by atoms with Crippen molar-refractivity contribution in [3.05, 3.63) is 35.9 Å². The van der Waals surface area contributed by atoms with Crippen LogP contribution in [0.5, 0.6) is 0 Å².